The lowest BCUT2D eigenvalue weighted by atomic mass is 10.0. The van der Waals surface area contributed by atoms with E-state index >= 15 is 0 Å². The fourth-order valence-electron chi connectivity index (χ4n) is 2.15. The molecule has 0 aliphatic heterocycles. The summed E-state index contributed by atoms with van der Waals surface area (Å²) in [5.74, 6) is -0.0391. The summed E-state index contributed by atoms with van der Waals surface area (Å²) >= 11 is 0. The Balaban J connectivity index is 2.90. The lowest BCUT2D eigenvalue weighted by Crippen LogP contribution is -2.32. The SMILES string of the molecule is C=N/C(NC1(C)CC1)=C(\C)C(C(=O)NCCC(F)(F)F)=C(C)C. The van der Waals surface area contributed by atoms with E-state index in [0.717, 1.165) is 12.8 Å². The third-order valence-electron chi connectivity index (χ3n) is 3.73. The standard InChI is InChI=1S/C16H24F3N3O/c1-10(2)12(14(23)21-9-8-16(17,18)19)11(3)13(20-5)22-15(4)6-7-15/h22H,5-9H2,1-4H3,(H,21,23)/b13-11-. The van der Waals surface area contributed by atoms with E-state index in [4.69, 9.17) is 0 Å². The van der Waals surface area contributed by atoms with Crippen LogP contribution in [-0.2, 0) is 4.79 Å². The second-order valence-corrected chi connectivity index (χ2v) is 6.31. The highest BCUT2D eigenvalue weighted by Gasteiger charge is 2.38. The molecule has 1 saturated carbocycles. The second kappa shape index (κ2) is 7.19. The molecule has 1 fully saturated rings. The zero-order valence-corrected chi connectivity index (χ0v) is 14.0. The van der Waals surface area contributed by atoms with Gasteiger partial charge < -0.3 is 10.6 Å². The highest BCUT2D eigenvalue weighted by atomic mass is 19.4. The first-order valence-corrected chi connectivity index (χ1v) is 7.48. The summed E-state index contributed by atoms with van der Waals surface area (Å²) in [6.07, 6.45) is -3.35. The van der Waals surface area contributed by atoms with Crippen LogP contribution in [0.3, 0.4) is 0 Å². The Morgan fingerprint density at radius 1 is 1.26 bits per heavy atom. The number of allylic oxidation sites excluding steroid dienone is 1. The van der Waals surface area contributed by atoms with Gasteiger partial charge in [-0.3, -0.25) is 4.79 Å². The summed E-state index contributed by atoms with van der Waals surface area (Å²) in [6, 6.07) is 0. The van der Waals surface area contributed by atoms with Gasteiger partial charge in [0.15, 0.2) is 0 Å². The van der Waals surface area contributed by atoms with Gasteiger partial charge in [0.05, 0.1) is 6.42 Å². The number of rotatable bonds is 7. The molecule has 7 heteroatoms. The van der Waals surface area contributed by atoms with Crippen LogP contribution in [0, 0.1) is 0 Å². The summed E-state index contributed by atoms with van der Waals surface area (Å²) in [4.78, 5) is 16.2. The van der Waals surface area contributed by atoms with Gasteiger partial charge in [-0.15, -0.1) is 0 Å². The first-order valence-electron chi connectivity index (χ1n) is 7.48. The number of carbonyl (C=O) groups excluding carboxylic acids is 1. The quantitative estimate of drug-likeness (QED) is 0.426. The number of hydrogen-bond donors (Lipinski definition) is 2. The van der Waals surface area contributed by atoms with E-state index in [2.05, 4.69) is 22.3 Å². The molecule has 0 heterocycles. The summed E-state index contributed by atoms with van der Waals surface area (Å²) in [7, 11) is 0. The lowest BCUT2D eigenvalue weighted by molar-refractivity contribution is -0.135. The number of halogens is 3. The maximum atomic E-state index is 12.3. The van der Waals surface area contributed by atoms with E-state index in [-0.39, 0.29) is 5.54 Å². The fourth-order valence-corrected chi connectivity index (χ4v) is 2.15. The molecule has 23 heavy (non-hydrogen) atoms. The van der Waals surface area contributed by atoms with E-state index in [1.54, 1.807) is 20.8 Å². The minimum Gasteiger partial charge on any atom is -0.365 e. The number of nitrogens with zero attached hydrogens (tertiary/aromatic N) is 1. The van der Waals surface area contributed by atoms with Crippen molar-refractivity contribution in [3.63, 3.8) is 0 Å². The fraction of sp³-hybridized carbons (Fsp3) is 0.625. The molecule has 0 aromatic rings. The summed E-state index contributed by atoms with van der Waals surface area (Å²) < 4.78 is 36.6. The van der Waals surface area contributed by atoms with Crippen LogP contribution in [0.15, 0.2) is 27.5 Å². The van der Waals surface area contributed by atoms with Crippen LogP contribution >= 0.6 is 0 Å². The first-order chi connectivity index (χ1) is 10.5. The monoisotopic (exact) mass is 331 g/mol. The molecular formula is C16H24F3N3O. The Kier molecular flexibility index (Phi) is 6.02. The first kappa shape index (κ1) is 19.3. The Hall–Kier alpha value is -1.79. The Morgan fingerprint density at radius 3 is 2.22 bits per heavy atom. The summed E-state index contributed by atoms with van der Waals surface area (Å²) in [5, 5.41) is 5.56. The molecular weight excluding hydrogens is 307 g/mol. The van der Waals surface area contributed by atoms with Gasteiger partial charge in [-0.1, -0.05) is 5.57 Å². The van der Waals surface area contributed by atoms with Gasteiger partial charge in [0.1, 0.15) is 5.82 Å². The average molecular weight is 331 g/mol. The van der Waals surface area contributed by atoms with Gasteiger partial charge in [-0.25, -0.2) is 4.99 Å². The minimum absolute atomic E-state index is 0.0443. The number of amides is 1. The molecule has 0 radical (unpaired) electrons. The van der Waals surface area contributed by atoms with Crippen LogP contribution in [0.25, 0.3) is 0 Å². The Labute approximate surface area is 134 Å². The van der Waals surface area contributed by atoms with Crippen molar-refractivity contribution in [1.29, 1.82) is 0 Å². The van der Waals surface area contributed by atoms with Crippen LogP contribution in [0.2, 0.25) is 0 Å². The molecule has 1 aliphatic rings. The summed E-state index contributed by atoms with van der Waals surface area (Å²) in [5.41, 5.74) is 1.58. The molecule has 0 bridgehead atoms. The smallest absolute Gasteiger partial charge is 0.365 e. The van der Waals surface area contributed by atoms with E-state index in [1.165, 1.54) is 0 Å². The molecule has 1 aliphatic carbocycles. The molecule has 4 nitrogen and oxygen atoms in total. The molecule has 0 aromatic carbocycles. The molecule has 130 valence electrons. The minimum atomic E-state index is -4.29. The highest BCUT2D eigenvalue weighted by molar-refractivity contribution is 5.98. The lowest BCUT2D eigenvalue weighted by Gasteiger charge is -2.18. The predicted octanol–water partition coefficient (Wildman–Crippen LogP) is 3.47. The maximum Gasteiger partial charge on any atom is 0.390 e. The van der Waals surface area contributed by atoms with E-state index < -0.39 is 25.0 Å². The van der Waals surface area contributed by atoms with Crippen LogP contribution in [0.1, 0.15) is 47.0 Å². The van der Waals surface area contributed by atoms with Crippen LogP contribution in [0.4, 0.5) is 13.2 Å². The average Bonchev–Trinajstić information content (AvgIpc) is 3.12. The largest absolute Gasteiger partial charge is 0.390 e. The zero-order valence-electron chi connectivity index (χ0n) is 14.0. The maximum absolute atomic E-state index is 12.3. The second-order valence-electron chi connectivity index (χ2n) is 6.31. The van der Waals surface area contributed by atoms with E-state index in [0.29, 0.717) is 22.5 Å². The van der Waals surface area contributed by atoms with Crippen molar-refractivity contribution in [1.82, 2.24) is 10.6 Å². The van der Waals surface area contributed by atoms with Crippen molar-refractivity contribution in [3.8, 4) is 0 Å². The third-order valence-corrected chi connectivity index (χ3v) is 3.73. The third kappa shape index (κ3) is 6.08. The van der Waals surface area contributed by atoms with Gasteiger partial charge in [-0.05, 0) is 47.3 Å². The van der Waals surface area contributed by atoms with Crippen molar-refractivity contribution in [2.45, 2.75) is 58.7 Å². The number of hydrogen-bond acceptors (Lipinski definition) is 3. The number of nitrogens with one attached hydrogen (secondary N) is 2. The van der Waals surface area contributed by atoms with Crippen molar-refractivity contribution in [2.75, 3.05) is 6.54 Å². The molecule has 2 N–H and O–H groups in total. The molecule has 0 saturated heterocycles. The topological polar surface area (TPSA) is 53.5 Å². The molecule has 0 spiro atoms. The van der Waals surface area contributed by atoms with Crippen molar-refractivity contribution in [3.05, 3.63) is 22.5 Å². The number of carbonyl (C=O) groups is 1. The van der Waals surface area contributed by atoms with Gasteiger partial charge in [0.2, 0.25) is 0 Å². The van der Waals surface area contributed by atoms with Gasteiger partial charge in [0, 0.05) is 23.2 Å². The number of aliphatic imine (C=N–C) groups is 1. The zero-order chi connectivity index (χ0) is 17.8. The molecule has 0 atom stereocenters. The Bertz CT molecular complexity index is 539. The Morgan fingerprint density at radius 2 is 1.83 bits per heavy atom. The van der Waals surface area contributed by atoms with Crippen molar-refractivity contribution < 1.29 is 18.0 Å². The van der Waals surface area contributed by atoms with Gasteiger partial charge in [-0.2, -0.15) is 13.2 Å². The molecule has 1 amide bonds. The molecule has 0 unspecified atom stereocenters. The van der Waals surface area contributed by atoms with Crippen LogP contribution in [-0.4, -0.2) is 30.9 Å². The highest BCUT2D eigenvalue weighted by Crippen LogP contribution is 2.36. The summed E-state index contributed by atoms with van der Waals surface area (Å²) in [6.45, 7) is 10.3. The van der Waals surface area contributed by atoms with Crippen molar-refractivity contribution >= 4 is 12.6 Å². The van der Waals surface area contributed by atoms with Crippen LogP contribution in [0.5, 0.6) is 0 Å². The van der Waals surface area contributed by atoms with Crippen LogP contribution < -0.4 is 10.6 Å². The van der Waals surface area contributed by atoms with Gasteiger partial charge >= 0.3 is 6.18 Å². The normalized spacial score (nSPS) is 17.0. The molecule has 1 rings (SSSR count). The van der Waals surface area contributed by atoms with E-state index in [1.807, 2.05) is 6.92 Å². The van der Waals surface area contributed by atoms with E-state index in [9.17, 15) is 18.0 Å². The van der Waals surface area contributed by atoms with Gasteiger partial charge in [0.25, 0.3) is 5.91 Å². The predicted molar refractivity (Wildman–Crippen MR) is 85.1 cm³/mol. The number of alkyl halides is 3. The van der Waals surface area contributed by atoms with Crippen molar-refractivity contribution in [2.24, 2.45) is 4.99 Å². The molecule has 0 aromatic heterocycles.